The van der Waals surface area contributed by atoms with Crippen molar-refractivity contribution in [1.82, 2.24) is 0 Å². The highest BCUT2D eigenvalue weighted by molar-refractivity contribution is 5.65. The third-order valence-electron chi connectivity index (χ3n) is 3.87. The average Bonchev–Trinajstić information content (AvgIpc) is 2.50. The van der Waals surface area contributed by atoms with Crippen LogP contribution in [0.5, 0.6) is 0 Å². The fourth-order valence-corrected chi connectivity index (χ4v) is 2.68. The number of benzene rings is 2. The van der Waals surface area contributed by atoms with Gasteiger partial charge in [0.1, 0.15) is 0 Å². The Bertz CT molecular complexity index is 799. The summed E-state index contributed by atoms with van der Waals surface area (Å²) in [6, 6.07) is 11.5. The Labute approximate surface area is 129 Å². The fraction of sp³-hybridized carbons (Fsp3) is 0.222. The second kappa shape index (κ2) is 6.77. The van der Waals surface area contributed by atoms with Crippen LogP contribution in [0.2, 0.25) is 0 Å². The Balaban J connectivity index is 2.65. The van der Waals surface area contributed by atoms with Crippen LogP contribution in [0.25, 0.3) is 0 Å². The maximum Gasteiger partial charge on any atom is 0.240 e. The molecule has 0 aliphatic carbocycles. The third kappa shape index (κ3) is 3.09. The van der Waals surface area contributed by atoms with Crippen LogP contribution in [0, 0.1) is 13.8 Å². The summed E-state index contributed by atoms with van der Waals surface area (Å²) in [5, 5.41) is 0. The summed E-state index contributed by atoms with van der Waals surface area (Å²) in [6.45, 7) is 6.03. The van der Waals surface area contributed by atoms with Crippen molar-refractivity contribution in [3.63, 3.8) is 0 Å². The summed E-state index contributed by atoms with van der Waals surface area (Å²) in [4.78, 5) is 28.5. The van der Waals surface area contributed by atoms with E-state index in [4.69, 9.17) is 0 Å². The Hall–Kier alpha value is -2.80. The Morgan fingerprint density at radius 1 is 0.955 bits per heavy atom. The molecular formula is C18H16N2O2. The van der Waals surface area contributed by atoms with Crippen molar-refractivity contribution in [3.05, 3.63) is 58.7 Å². The van der Waals surface area contributed by atoms with Crippen LogP contribution in [-0.2, 0) is 9.59 Å². The molecule has 22 heavy (non-hydrogen) atoms. The molecule has 0 radical (unpaired) electrons. The van der Waals surface area contributed by atoms with Crippen molar-refractivity contribution in [1.29, 1.82) is 0 Å². The zero-order chi connectivity index (χ0) is 16.1. The maximum absolute atomic E-state index is 10.6. The van der Waals surface area contributed by atoms with E-state index in [9.17, 15) is 9.59 Å². The van der Waals surface area contributed by atoms with Gasteiger partial charge in [-0.3, -0.25) is 0 Å². The lowest BCUT2D eigenvalue weighted by Gasteiger charge is -2.18. The van der Waals surface area contributed by atoms with E-state index in [1.54, 1.807) is 12.1 Å². The topological polar surface area (TPSA) is 58.9 Å². The van der Waals surface area contributed by atoms with Crippen molar-refractivity contribution in [2.24, 2.45) is 9.98 Å². The number of nitrogens with zero attached hydrogens (tertiary/aromatic N) is 2. The molecule has 0 spiro atoms. The number of aliphatic imine (C=N–C) groups is 2. The lowest BCUT2D eigenvalue weighted by molar-refractivity contribution is 0.565. The van der Waals surface area contributed by atoms with Gasteiger partial charge in [-0.25, -0.2) is 9.59 Å². The molecule has 0 bridgehead atoms. The molecule has 0 aromatic heterocycles. The van der Waals surface area contributed by atoms with Crippen LogP contribution in [0.4, 0.5) is 11.4 Å². The molecule has 0 fully saturated rings. The maximum atomic E-state index is 10.6. The molecule has 2 aromatic rings. The quantitative estimate of drug-likeness (QED) is 0.619. The average molecular weight is 292 g/mol. The van der Waals surface area contributed by atoms with E-state index in [-0.39, 0.29) is 5.92 Å². The Morgan fingerprint density at radius 2 is 1.64 bits per heavy atom. The number of isocyanates is 2. The molecule has 0 N–H and O–H groups in total. The highest BCUT2D eigenvalue weighted by atomic mass is 16.1. The molecule has 0 aliphatic rings. The standard InChI is InChI=1S/C18H16N2O2/c1-12-6-4-5-7-16(12)13(2)17-8-15(19-10-21)9-18(14(17)3)20-11-22/h4-9,13H,1-3H3. The fourth-order valence-electron chi connectivity index (χ4n) is 2.68. The Kier molecular flexibility index (Phi) is 4.80. The summed E-state index contributed by atoms with van der Waals surface area (Å²) in [6.07, 6.45) is 3.07. The van der Waals surface area contributed by atoms with E-state index >= 15 is 0 Å². The summed E-state index contributed by atoms with van der Waals surface area (Å²) < 4.78 is 0. The molecule has 0 amide bonds. The summed E-state index contributed by atoms with van der Waals surface area (Å²) in [5.41, 5.74) is 5.12. The van der Waals surface area contributed by atoms with Crippen LogP contribution in [0.15, 0.2) is 46.4 Å². The Morgan fingerprint density at radius 3 is 2.27 bits per heavy atom. The van der Waals surface area contributed by atoms with E-state index in [2.05, 4.69) is 36.0 Å². The number of aryl methyl sites for hydroxylation is 1. The van der Waals surface area contributed by atoms with Gasteiger partial charge in [-0.15, -0.1) is 0 Å². The molecule has 1 unspecified atom stereocenters. The first-order chi connectivity index (χ1) is 10.6. The van der Waals surface area contributed by atoms with E-state index in [1.807, 2.05) is 25.1 Å². The molecule has 0 saturated carbocycles. The zero-order valence-electron chi connectivity index (χ0n) is 12.8. The van der Waals surface area contributed by atoms with Crippen molar-refractivity contribution in [2.45, 2.75) is 26.7 Å². The highest BCUT2D eigenvalue weighted by Crippen LogP contribution is 2.36. The van der Waals surface area contributed by atoms with Gasteiger partial charge in [0.25, 0.3) is 0 Å². The number of carbonyl (C=O) groups excluding carboxylic acids is 2. The second-order valence-corrected chi connectivity index (χ2v) is 5.16. The van der Waals surface area contributed by atoms with Gasteiger partial charge in [0.15, 0.2) is 0 Å². The van der Waals surface area contributed by atoms with Crippen molar-refractivity contribution in [2.75, 3.05) is 0 Å². The van der Waals surface area contributed by atoms with E-state index in [0.717, 1.165) is 11.1 Å². The summed E-state index contributed by atoms with van der Waals surface area (Å²) in [7, 11) is 0. The summed E-state index contributed by atoms with van der Waals surface area (Å²) >= 11 is 0. The van der Waals surface area contributed by atoms with Gasteiger partial charge in [0, 0.05) is 5.92 Å². The smallest absolute Gasteiger partial charge is 0.211 e. The lowest BCUT2D eigenvalue weighted by Crippen LogP contribution is -2.01. The molecular weight excluding hydrogens is 276 g/mol. The molecule has 4 nitrogen and oxygen atoms in total. The van der Waals surface area contributed by atoms with Crippen LogP contribution < -0.4 is 0 Å². The van der Waals surface area contributed by atoms with E-state index in [1.165, 1.54) is 17.2 Å². The van der Waals surface area contributed by atoms with Gasteiger partial charge in [-0.05, 0) is 48.2 Å². The van der Waals surface area contributed by atoms with Gasteiger partial charge in [0.2, 0.25) is 12.2 Å². The first-order valence-electron chi connectivity index (χ1n) is 6.94. The molecule has 0 saturated heterocycles. The minimum absolute atomic E-state index is 0.0867. The van der Waals surface area contributed by atoms with Crippen LogP contribution in [0.1, 0.15) is 35.1 Å². The highest BCUT2D eigenvalue weighted by Gasteiger charge is 2.16. The lowest BCUT2D eigenvalue weighted by atomic mass is 9.87. The first-order valence-corrected chi connectivity index (χ1v) is 6.94. The number of rotatable bonds is 4. The van der Waals surface area contributed by atoms with Crippen LogP contribution in [0.3, 0.4) is 0 Å². The third-order valence-corrected chi connectivity index (χ3v) is 3.87. The normalized spacial score (nSPS) is 11.2. The van der Waals surface area contributed by atoms with Gasteiger partial charge < -0.3 is 0 Å². The number of hydrogen-bond acceptors (Lipinski definition) is 4. The van der Waals surface area contributed by atoms with Crippen LogP contribution >= 0.6 is 0 Å². The monoisotopic (exact) mass is 292 g/mol. The van der Waals surface area contributed by atoms with Gasteiger partial charge in [-0.2, -0.15) is 9.98 Å². The number of hydrogen-bond donors (Lipinski definition) is 0. The van der Waals surface area contributed by atoms with Gasteiger partial charge in [0.05, 0.1) is 11.4 Å². The van der Waals surface area contributed by atoms with Crippen molar-refractivity contribution in [3.8, 4) is 0 Å². The van der Waals surface area contributed by atoms with Crippen molar-refractivity contribution < 1.29 is 9.59 Å². The molecule has 2 aromatic carbocycles. The minimum atomic E-state index is 0.0867. The van der Waals surface area contributed by atoms with Gasteiger partial charge in [-0.1, -0.05) is 31.2 Å². The van der Waals surface area contributed by atoms with E-state index in [0.29, 0.717) is 11.4 Å². The zero-order valence-corrected chi connectivity index (χ0v) is 12.8. The molecule has 1 atom stereocenters. The predicted molar refractivity (Wildman–Crippen MR) is 85.4 cm³/mol. The molecule has 4 heteroatoms. The first kappa shape index (κ1) is 15.6. The molecule has 2 rings (SSSR count). The second-order valence-electron chi connectivity index (χ2n) is 5.16. The minimum Gasteiger partial charge on any atom is -0.211 e. The SMILES string of the molecule is Cc1ccccc1C(C)c1cc(N=C=O)cc(N=C=O)c1C. The summed E-state index contributed by atoms with van der Waals surface area (Å²) in [5.74, 6) is 0.0867. The largest absolute Gasteiger partial charge is 0.240 e. The van der Waals surface area contributed by atoms with E-state index < -0.39 is 0 Å². The molecule has 110 valence electrons. The molecule has 0 heterocycles. The van der Waals surface area contributed by atoms with Gasteiger partial charge >= 0.3 is 0 Å². The predicted octanol–water partition coefficient (Wildman–Crippen LogP) is 4.39. The molecule has 0 aliphatic heterocycles. The van der Waals surface area contributed by atoms with Crippen molar-refractivity contribution >= 4 is 23.5 Å². The van der Waals surface area contributed by atoms with Crippen LogP contribution in [-0.4, -0.2) is 12.2 Å².